The molecule has 0 spiro atoms. The first-order chi connectivity index (χ1) is 15.4. The Bertz CT molecular complexity index is 1010. The van der Waals surface area contributed by atoms with Gasteiger partial charge in [-0.05, 0) is 77.3 Å². The molecule has 1 heterocycles. The molecule has 2 aromatic carbocycles. The fourth-order valence-electron chi connectivity index (χ4n) is 3.13. The maximum atomic E-state index is 12.7. The van der Waals surface area contributed by atoms with Crippen LogP contribution < -0.4 is 9.47 Å². The van der Waals surface area contributed by atoms with E-state index < -0.39 is 0 Å². The summed E-state index contributed by atoms with van der Waals surface area (Å²) in [6, 6.07) is 11.8. The normalized spacial score (nSPS) is 15.0. The zero-order valence-electron chi connectivity index (χ0n) is 18.4. The second-order valence-electron chi connectivity index (χ2n) is 7.22. The van der Waals surface area contributed by atoms with Crippen molar-refractivity contribution in [1.82, 2.24) is 4.90 Å². The van der Waals surface area contributed by atoms with Crippen molar-refractivity contribution in [3.8, 4) is 11.5 Å². The molecule has 8 heteroatoms. The molecular formula is C24H26BrNO5S. The van der Waals surface area contributed by atoms with E-state index in [-0.39, 0.29) is 11.1 Å². The van der Waals surface area contributed by atoms with Crippen LogP contribution in [0.25, 0.3) is 6.08 Å². The van der Waals surface area contributed by atoms with Crippen LogP contribution in [0.4, 0.5) is 4.79 Å². The van der Waals surface area contributed by atoms with Crippen molar-refractivity contribution in [1.29, 1.82) is 0 Å². The molecular weight excluding hydrogens is 494 g/mol. The largest absolute Gasteiger partial charge is 0.490 e. The summed E-state index contributed by atoms with van der Waals surface area (Å²) in [7, 11) is 1.59. The number of methoxy groups -OCH3 is 1. The Labute approximate surface area is 201 Å². The number of hydrogen-bond acceptors (Lipinski definition) is 6. The Kier molecular flexibility index (Phi) is 8.78. The summed E-state index contributed by atoms with van der Waals surface area (Å²) >= 11 is 4.51. The quantitative estimate of drug-likeness (QED) is 0.291. The van der Waals surface area contributed by atoms with E-state index >= 15 is 0 Å². The maximum absolute atomic E-state index is 12.7. The lowest BCUT2D eigenvalue weighted by Crippen LogP contribution is -2.29. The SMILES string of the molecule is CCOc1cc(/C=C2/SC(=O)N(CCCOC)C2=O)cc(Br)c1OCc1ccc(C)cc1. The monoisotopic (exact) mass is 519 g/mol. The number of amides is 2. The first kappa shape index (κ1) is 24.4. The minimum atomic E-state index is -0.287. The van der Waals surface area contributed by atoms with Gasteiger partial charge >= 0.3 is 0 Å². The number of imide groups is 1. The van der Waals surface area contributed by atoms with Gasteiger partial charge in [0, 0.05) is 20.3 Å². The van der Waals surface area contributed by atoms with E-state index in [9.17, 15) is 9.59 Å². The summed E-state index contributed by atoms with van der Waals surface area (Å²) in [5.74, 6) is 0.877. The van der Waals surface area contributed by atoms with Crippen molar-refractivity contribution in [2.75, 3.05) is 26.9 Å². The van der Waals surface area contributed by atoms with Crippen LogP contribution in [0.3, 0.4) is 0 Å². The summed E-state index contributed by atoms with van der Waals surface area (Å²) in [4.78, 5) is 26.6. The average molecular weight is 520 g/mol. The zero-order valence-corrected chi connectivity index (χ0v) is 20.8. The lowest BCUT2D eigenvalue weighted by atomic mass is 10.1. The molecule has 1 fully saturated rings. The summed E-state index contributed by atoms with van der Waals surface area (Å²) in [5.41, 5.74) is 2.99. The number of thioether (sulfide) groups is 1. The molecule has 0 bridgehead atoms. The molecule has 1 saturated heterocycles. The van der Waals surface area contributed by atoms with Gasteiger partial charge in [0.05, 0.1) is 16.0 Å². The van der Waals surface area contributed by atoms with Crippen LogP contribution in [-0.2, 0) is 16.1 Å². The number of hydrogen-bond donors (Lipinski definition) is 0. The summed E-state index contributed by atoms with van der Waals surface area (Å²) < 4.78 is 17.6. The molecule has 0 aromatic heterocycles. The van der Waals surface area contributed by atoms with Gasteiger partial charge in [-0.15, -0.1) is 0 Å². The minimum Gasteiger partial charge on any atom is -0.490 e. The summed E-state index contributed by atoms with van der Waals surface area (Å²) in [5, 5.41) is -0.264. The number of carbonyl (C=O) groups is 2. The van der Waals surface area contributed by atoms with E-state index in [1.807, 2.05) is 50.2 Å². The molecule has 0 radical (unpaired) electrons. The van der Waals surface area contributed by atoms with Crippen LogP contribution in [-0.4, -0.2) is 42.9 Å². The third kappa shape index (κ3) is 6.15. The highest BCUT2D eigenvalue weighted by Gasteiger charge is 2.34. The van der Waals surface area contributed by atoms with Crippen LogP contribution in [0.15, 0.2) is 45.8 Å². The number of rotatable bonds is 10. The zero-order chi connectivity index (χ0) is 23.1. The number of carbonyl (C=O) groups excluding carboxylic acids is 2. The Morgan fingerprint density at radius 2 is 1.88 bits per heavy atom. The van der Waals surface area contributed by atoms with Gasteiger partial charge in [0.15, 0.2) is 11.5 Å². The first-order valence-electron chi connectivity index (χ1n) is 10.3. The van der Waals surface area contributed by atoms with Gasteiger partial charge in [0.1, 0.15) is 6.61 Å². The average Bonchev–Trinajstić information content (AvgIpc) is 3.02. The van der Waals surface area contributed by atoms with E-state index in [2.05, 4.69) is 15.9 Å². The molecule has 2 aromatic rings. The Morgan fingerprint density at radius 1 is 1.12 bits per heavy atom. The standard InChI is InChI=1S/C24H26BrNO5S/c1-4-30-20-13-18(14-21-23(27)26(24(28)32-21)10-5-11-29-3)12-19(25)22(20)31-15-17-8-6-16(2)7-9-17/h6-9,12-14H,4-5,10-11,15H2,1-3H3/b21-14+. The lowest BCUT2D eigenvalue weighted by molar-refractivity contribution is -0.122. The molecule has 0 atom stereocenters. The number of ether oxygens (including phenoxy) is 3. The number of benzene rings is 2. The predicted molar refractivity (Wildman–Crippen MR) is 130 cm³/mol. The number of halogens is 1. The lowest BCUT2D eigenvalue weighted by Gasteiger charge is -2.15. The third-order valence-electron chi connectivity index (χ3n) is 4.74. The van der Waals surface area contributed by atoms with Gasteiger partial charge in [-0.2, -0.15) is 0 Å². The molecule has 2 amide bonds. The smallest absolute Gasteiger partial charge is 0.293 e. The van der Waals surface area contributed by atoms with Gasteiger partial charge in [-0.1, -0.05) is 29.8 Å². The van der Waals surface area contributed by atoms with Crippen LogP contribution >= 0.6 is 27.7 Å². The van der Waals surface area contributed by atoms with E-state index in [0.29, 0.717) is 53.7 Å². The Balaban J connectivity index is 1.80. The molecule has 1 aliphatic heterocycles. The van der Waals surface area contributed by atoms with E-state index in [4.69, 9.17) is 14.2 Å². The van der Waals surface area contributed by atoms with Gasteiger partial charge in [-0.3, -0.25) is 14.5 Å². The van der Waals surface area contributed by atoms with Crippen molar-refractivity contribution in [3.05, 3.63) is 62.5 Å². The van der Waals surface area contributed by atoms with Crippen LogP contribution in [0.2, 0.25) is 0 Å². The molecule has 1 aliphatic rings. The molecule has 32 heavy (non-hydrogen) atoms. The van der Waals surface area contributed by atoms with Crippen molar-refractivity contribution in [3.63, 3.8) is 0 Å². The summed E-state index contributed by atoms with van der Waals surface area (Å²) in [6.45, 7) is 5.65. The molecule has 0 aliphatic carbocycles. The van der Waals surface area contributed by atoms with Crippen LogP contribution in [0, 0.1) is 6.92 Å². The fraction of sp³-hybridized carbons (Fsp3) is 0.333. The Morgan fingerprint density at radius 3 is 2.56 bits per heavy atom. The van der Waals surface area contributed by atoms with Gasteiger partial charge in [0.25, 0.3) is 11.1 Å². The predicted octanol–water partition coefficient (Wildman–Crippen LogP) is 5.81. The highest BCUT2D eigenvalue weighted by molar-refractivity contribution is 9.10. The van der Waals surface area contributed by atoms with E-state index in [1.54, 1.807) is 13.2 Å². The van der Waals surface area contributed by atoms with Crippen molar-refractivity contribution >= 4 is 44.9 Å². The molecule has 0 saturated carbocycles. The summed E-state index contributed by atoms with van der Waals surface area (Å²) in [6.07, 6.45) is 2.31. The van der Waals surface area contributed by atoms with Crippen LogP contribution in [0.1, 0.15) is 30.0 Å². The van der Waals surface area contributed by atoms with Crippen molar-refractivity contribution in [2.45, 2.75) is 26.9 Å². The second kappa shape index (κ2) is 11.5. The van der Waals surface area contributed by atoms with E-state index in [0.717, 1.165) is 22.9 Å². The van der Waals surface area contributed by atoms with Gasteiger partial charge in [-0.25, -0.2) is 0 Å². The second-order valence-corrected chi connectivity index (χ2v) is 9.06. The number of nitrogens with zero attached hydrogens (tertiary/aromatic N) is 1. The molecule has 0 unspecified atom stereocenters. The van der Waals surface area contributed by atoms with Crippen molar-refractivity contribution in [2.24, 2.45) is 0 Å². The molecule has 170 valence electrons. The highest BCUT2D eigenvalue weighted by atomic mass is 79.9. The minimum absolute atomic E-state index is 0.264. The van der Waals surface area contributed by atoms with Gasteiger partial charge in [0.2, 0.25) is 0 Å². The topological polar surface area (TPSA) is 65.1 Å². The number of aryl methyl sites for hydroxylation is 1. The fourth-order valence-corrected chi connectivity index (χ4v) is 4.56. The maximum Gasteiger partial charge on any atom is 0.293 e. The van der Waals surface area contributed by atoms with Gasteiger partial charge < -0.3 is 14.2 Å². The van der Waals surface area contributed by atoms with Crippen molar-refractivity contribution < 1.29 is 23.8 Å². The molecule has 3 rings (SSSR count). The third-order valence-corrected chi connectivity index (χ3v) is 6.23. The highest BCUT2D eigenvalue weighted by Crippen LogP contribution is 2.39. The van der Waals surface area contributed by atoms with E-state index in [1.165, 1.54) is 10.5 Å². The molecule has 0 N–H and O–H groups in total. The van der Waals surface area contributed by atoms with Crippen LogP contribution in [0.5, 0.6) is 11.5 Å². The Hall–Kier alpha value is -2.29. The molecule has 6 nitrogen and oxygen atoms in total. The first-order valence-corrected chi connectivity index (χ1v) is 11.9.